The molecule has 0 atom stereocenters. The standard InChI is InChI=1S/C34H34N4O3S/c1-2-41-28-17-11-16-27(24-28)32(39)36-34(42)35-30-19-10-9-18-29(30)33(40)38-22-20-37(21-23-38)31(25-12-5-3-6-13-25)26-14-7-4-8-15-26/h3-19,24,31H,2,20-23H2,1H3,(H2,35,36,39,42). The number of carbonyl (C=O) groups excluding carboxylic acids is 2. The smallest absolute Gasteiger partial charge is 0.257 e. The summed E-state index contributed by atoms with van der Waals surface area (Å²) >= 11 is 5.43. The summed E-state index contributed by atoms with van der Waals surface area (Å²) in [5.74, 6) is 0.173. The van der Waals surface area contributed by atoms with Crippen LogP contribution in [0.1, 0.15) is 44.8 Å². The lowest BCUT2D eigenvalue weighted by Crippen LogP contribution is -2.50. The van der Waals surface area contributed by atoms with Gasteiger partial charge in [0.05, 0.1) is 23.9 Å². The number of nitrogens with zero attached hydrogens (tertiary/aromatic N) is 2. The van der Waals surface area contributed by atoms with Gasteiger partial charge < -0.3 is 15.0 Å². The highest BCUT2D eigenvalue weighted by atomic mass is 32.1. The average molecular weight is 579 g/mol. The van der Waals surface area contributed by atoms with E-state index in [9.17, 15) is 9.59 Å². The van der Waals surface area contributed by atoms with Crippen molar-refractivity contribution >= 4 is 34.8 Å². The Kier molecular flexibility index (Phi) is 9.59. The summed E-state index contributed by atoms with van der Waals surface area (Å²) in [5.41, 5.74) is 3.95. The minimum atomic E-state index is -0.361. The fourth-order valence-electron chi connectivity index (χ4n) is 5.24. The molecule has 4 aromatic rings. The predicted octanol–water partition coefficient (Wildman–Crippen LogP) is 5.76. The van der Waals surface area contributed by atoms with Crippen molar-refractivity contribution in [3.8, 4) is 5.75 Å². The van der Waals surface area contributed by atoms with E-state index in [1.807, 2.05) is 36.1 Å². The molecular weight excluding hydrogens is 544 g/mol. The molecule has 0 aliphatic carbocycles. The zero-order valence-corrected chi connectivity index (χ0v) is 24.3. The Hall–Kier alpha value is -4.53. The monoisotopic (exact) mass is 578 g/mol. The fourth-order valence-corrected chi connectivity index (χ4v) is 5.44. The maximum absolute atomic E-state index is 13.7. The highest BCUT2D eigenvalue weighted by Gasteiger charge is 2.29. The number of thiocarbonyl (C=S) groups is 1. The Balaban J connectivity index is 1.24. The van der Waals surface area contributed by atoms with Crippen molar-refractivity contribution < 1.29 is 14.3 Å². The minimum Gasteiger partial charge on any atom is -0.494 e. The van der Waals surface area contributed by atoms with E-state index in [4.69, 9.17) is 17.0 Å². The number of carbonyl (C=O) groups is 2. The van der Waals surface area contributed by atoms with Crippen molar-refractivity contribution in [2.75, 3.05) is 38.1 Å². The lowest BCUT2D eigenvalue weighted by Gasteiger charge is -2.40. The van der Waals surface area contributed by atoms with Gasteiger partial charge in [0.15, 0.2) is 5.11 Å². The third kappa shape index (κ3) is 7.02. The van der Waals surface area contributed by atoms with Gasteiger partial charge in [0.2, 0.25) is 0 Å². The van der Waals surface area contributed by atoms with Crippen LogP contribution in [0.3, 0.4) is 0 Å². The van der Waals surface area contributed by atoms with Gasteiger partial charge in [-0.1, -0.05) is 78.9 Å². The maximum atomic E-state index is 13.7. The molecule has 2 amide bonds. The first kappa shape index (κ1) is 29.0. The number of anilines is 1. The van der Waals surface area contributed by atoms with Crippen LogP contribution in [0.4, 0.5) is 5.69 Å². The summed E-state index contributed by atoms with van der Waals surface area (Å²) in [4.78, 5) is 30.8. The van der Waals surface area contributed by atoms with Gasteiger partial charge in [0.1, 0.15) is 5.75 Å². The summed E-state index contributed by atoms with van der Waals surface area (Å²) in [7, 11) is 0. The van der Waals surface area contributed by atoms with Crippen LogP contribution in [-0.4, -0.2) is 59.5 Å². The molecule has 1 heterocycles. The van der Waals surface area contributed by atoms with Gasteiger partial charge in [-0.3, -0.25) is 19.8 Å². The number of piperazine rings is 1. The zero-order valence-electron chi connectivity index (χ0n) is 23.5. The number of nitrogens with one attached hydrogen (secondary N) is 2. The molecule has 5 rings (SSSR count). The molecule has 0 radical (unpaired) electrons. The number of amides is 2. The van der Waals surface area contributed by atoms with Crippen LogP contribution < -0.4 is 15.4 Å². The van der Waals surface area contributed by atoms with E-state index in [0.29, 0.717) is 42.3 Å². The van der Waals surface area contributed by atoms with E-state index in [1.54, 1.807) is 36.4 Å². The van der Waals surface area contributed by atoms with Crippen LogP contribution in [0, 0.1) is 0 Å². The Morgan fingerprint density at radius 2 is 1.43 bits per heavy atom. The summed E-state index contributed by atoms with van der Waals surface area (Å²) in [6.45, 7) is 5.07. The zero-order chi connectivity index (χ0) is 29.3. The number of rotatable bonds is 8. The second-order valence-corrected chi connectivity index (χ2v) is 10.4. The predicted molar refractivity (Wildman–Crippen MR) is 170 cm³/mol. The van der Waals surface area contributed by atoms with Gasteiger partial charge in [-0.2, -0.15) is 0 Å². The topological polar surface area (TPSA) is 73.9 Å². The maximum Gasteiger partial charge on any atom is 0.257 e. The molecule has 214 valence electrons. The van der Waals surface area contributed by atoms with E-state index < -0.39 is 0 Å². The molecule has 42 heavy (non-hydrogen) atoms. The summed E-state index contributed by atoms with van der Waals surface area (Å²) in [6.07, 6.45) is 0. The molecule has 4 aromatic carbocycles. The molecule has 2 N–H and O–H groups in total. The van der Waals surface area contributed by atoms with Gasteiger partial charge >= 0.3 is 0 Å². The summed E-state index contributed by atoms with van der Waals surface area (Å²) in [6, 6.07) is 35.2. The molecule has 7 nitrogen and oxygen atoms in total. The molecule has 1 aliphatic rings. The van der Waals surface area contributed by atoms with Gasteiger partial charge in [-0.15, -0.1) is 0 Å². The van der Waals surface area contributed by atoms with Crippen molar-refractivity contribution in [3.63, 3.8) is 0 Å². The van der Waals surface area contributed by atoms with Gasteiger partial charge in [0, 0.05) is 31.7 Å². The number of hydrogen-bond acceptors (Lipinski definition) is 5. The third-order valence-electron chi connectivity index (χ3n) is 7.24. The molecule has 0 aromatic heterocycles. The minimum absolute atomic E-state index is 0.0766. The van der Waals surface area contributed by atoms with Crippen molar-refractivity contribution in [2.24, 2.45) is 0 Å². The number of ether oxygens (including phenoxy) is 1. The first-order valence-electron chi connectivity index (χ1n) is 14.1. The van der Waals surface area contributed by atoms with Crippen molar-refractivity contribution in [3.05, 3.63) is 131 Å². The summed E-state index contributed by atoms with van der Waals surface area (Å²) in [5, 5.41) is 5.87. The summed E-state index contributed by atoms with van der Waals surface area (Å²) < 4.78 is 5.49. The quantitative estimate of drug-likeness (QED) is 0.259. The molecular formula is C34H34N4O3S. The first-order chi connectivity index (χ1) is 20.5. The van der Waals surface area contributed by atoms with Crippen LogP contribution in [0.15, 0.2) is 109 Å². The van der Waals surface area contributed by atoms with E-state index in [2.05, 4.69) is 64.1 Å². The first-order valence-corrected chi connectivity index (χ1v) is 14.5. The lowest BCUT2D eigenvalue weighted by molar-refractivity contribution is 0.0598. The molecule has 0 spiro atoms. The van der Waals surface area contributed by atoms with Crippen LogP contribution in [0.5, 0.6) is 5.75 Å². The Morgan fingerprint density at radius 1 is 0.810 bits per heavy atom. The second kappa shape index (κ2) is 13.9. The van der Waals surface area contributed by atoms with Crippen LogP contribution in [0.2, 0.25) is 0 Å². The van der Waals surface area contributed by atoms with Crippen LogP contribution in [0.25, 0.3) is 0 Å². The van der Waals surface area contributed by atoms with Crippen molar-refractivity contribution in [1.82, 2.24) is 15.1 Å². The van der Waals surface area contributed by atoms with Gasteiger partial charge in [-0.05, 0) is 60.6 Å². The van der Waals surface area contributed by atoms with Crippen LogP contribution in [-0.2, 0) is 0 Å². The number of para-hydroxylation sites is 1. The lowest BCUT2D eigenvalue weighted by atomic mass is 9.96. The van der Waals surface area contributed by atoms with E-state index in [1.165, 1.54) is 11.1 Å². The van der Waals surface area contributed by atoms with Crippen molar-refractivity contribution in [1.29, 1.82) is 0 Å². The fraction of sp³-hybridized carbons (Fsp3) is 0.206. The SMILES string of the molecule is CCOc1cccc(C(=O)NC(=S)Nc2ccccc2C(=O)N2CCN(C(c3ccccc3)c3ccccc3)CC2)c1. The molecule has 8 heteroatoms. The van der Waals surface area contributed by atoms with E-state index in [0.717, 1.165) is 13.1 Å². The largest absolute Gasteiger partial charge is 0.494 e. The van der Waals surface area contributed by atoms with E-state index in [-0.39, 0.29) is 23.0 Å². The Morgan fingerprint density at radius 3 is 2.07 bits per heavy atom. The molecule has 1 saturated heterocycles. The normalized spacial score (nSPS) is 13.4. The number of benzene rings is 4. The highest BCUT2D eigenvalue weighted by Crippen LogP contribution is 2.30. The average Bonchev–Trinajstić information content (AvgIpc) is 3.03. The Bertz CT molecular complexity index is 1480. The van der Waals surface area contributed by atoms with Gasteiger partial charge in [0.25, 0.3) is 11.8 Å². The molecule has 1 aliphatic heterocycles. The molecule has 0 bridgehead atoms. The van der Waals surface area contributed by atoms with Crippen molar-refractivity contribution in [2.45, 2.75) is 13.0 Å². The molecule has 0 saturated carbocycles. The van der Waals surface area contributed by atoms with E-state index >= 15 is 0 Å². The molecule has 1 fully saturated rings. The molecule has 0 unspecified atom stereocenters. The number of hydrogen-bond donors (Lipinski definition) is 2. The third-order valence-corrected chi connectivity index (χ3v) is 7.44. The Labute approximate surface area is 252 Å². The van der Waals surface area contributed by atoms with Crippen LogP contribution >= 0.6 is 12.2 Å². The highest BCUT2D eigenvalue weighted by molar-refractivity contribution is 7.80. The second-order valence-electron chi connectivity index (χ2n) is 9.97. The van der Waals surface area contributed by atoms with Gasteiger partial charge in [-0.25, -0.2) is 0 Å².